The molecule has 35 heavy (non-hydrogen) atoms. The van der Waals surface area contributed by atoms with E-state index >= 15 is 0 Å². The highest BCUT2D eigenvalue weighted by Crippen LogP contribution is 2.26. The first-order valence-electron chi connectivity index (χ1n) is 11.0. The Kier molecular flexibility index (Phi) is 11.8. The summed E-state index contributed by atoms with van der Waals surface area (Å²) in [5.41, 5.74) is 0. The number of nitrogens with one attached hydrogen (secondary N) is 3. The third kappa shape index (κ3) is 10.0. The number of carbonyl (C=O) groups excluding carboxylic acids is 5. The van der Waals surface area contributed by atoms with Gasteiger partial charge in [0.15, 0.2) is 5.78 Å². The Balaban J connectivity index is 2.65. The minimum atomic E-state index is -1.68. The molecular formula is C21H32N4O9S. The molecule has 1 saturated heterocycles. The maximum atomic E-state index is 12.7. The zero-order chi connectivity index (χ0) is 26.9. The third-order valence-corrected chi connectivity index (χ3v) is 6.18. The van der Waals surface area contributed by atoms with Crippen LogP contribution in [0.25, 0.3) is 0 Å². The van der Waals surface area contributed by atoms with Gasteiger partial charge in [-0.1, -0.05) is 27.7 Å². The molecule has 0 bridgehead atoms. The minimum Gasteiger partial charge on any atom is -0.481 e. The second-order valence-corrected chi connectivity index (χ2v) is 9.84. The second kappa shape index (κ2) is 13.8. The maximum absolute atomic E-state index is 12.7. The average molecular weight is 517 g/mol. The Morgan fingerprint density at radius 1 is 1.03 bits per heavy atom. The Labute approximate surface area is 206 Å². The van der Waals surface area contributed by atoms with E-state index in [2.05, 4.69) is 10.6 Å². The van der Waals surface area contributed by atoms with Crippen molar-refractivity contribution in [2.75, 3.05) is 12.4 Å². The van der Waals surface area contributed by atoms with Gasteiger partial charge < -0.3 is 26.2 Å². The number of Topliss-reactive ketones (excluding diaryl/α,β-unsaturated/α-hetero) is 1. The van der Waals surface area contributed by atoms with E-state index in [0.29, 0.717) is 0 Å². The molecule has 1 fully saturated rings. The van der Waals surface area contributed by atoms with E-state index in [4.69, 9.17) is 10.2 Å². The molecule has 0 aromatic carbocycles. The number of thioether (sulfide) groups is 1. The van der Waals surface area contributed by atoms with Gasteiger partial charge in [-0.05, 0) is 0 Å². The van der Waals surface area contributed by atoms with Gasteiger partial charge in [0.05, 0.1) is 17.7 Å². The molecule has 1 rings (SSSR count). The molecule has 1 aliphatic rings. The molecule has 3 atom stereocenters. The molecule has 14 heteroatoms. The van der Waals surface area contributed by atoms with Crippen LogP contribution in [0.4, 0.5) is 0 Å². The van der Waals surface area contributed by atoms with Gasteiger partial charge in [-0.2, -0.15) is 0 Å². The number of carbonyl (C=O) groups is 7. The van der Waals surface area contributed by atoms with Crippen LogP contribution in [-0.2, 0) is 33.6 Å². The summed E-state index contributed by atoms with van der Waals surface area (Å²) in [6.45, 7) is 6.87. The van der Waals surface area contributed by atoms with E-state index in [9.17, 15) is 33.6 Å². The lowest BCUT2D eigenvalue weighted by atomic mass is 10.0. The molecule has 1 heterocycles. The largest absolute Gasteiger partial charge is 0.481 e. The highest BCUT2D eigenvalue weighted by atomic mass is 32.2. The molecular weight excluding hydrogens is 484 g/mol. The minimum absolute atomic E-state index is 0.00415. The summed E-state index contributed by atoms with van der Waals surface area (Å²) in [7, 11) is 0. The van der Waals surface area contributed by atoms with E-state index in [1.165, 1.54) is 11.8 Å². The summed E-state index contributed by atoms with van der Waals surface area (Å²) < 4.78 is 0. The lowest BCUT2D eigenvalue weighted by molar-refractivity contribution is -0.146. The lowest BCUT2D eigenvalue weighted by Gasteiger charge is -2.22. The number of rotatable bonds is 15. The SMILES string of the molecule is CC(C)NC(CSC1CC(=O)N(CNC(=O)CC(NC(=O)CC(=O)O)C(=O)O)C1=O)C(=O)C(C)C. The molecule has 0 aromatic rings. The number of likely N-dealkylation sites (tertiary alicyclic amines) is 1. The molecule has 3 unspecified atom stereocenters. The fraction of sp³-hybridized carbons (Fsp3) is 0.667. The maximum Gasteiger partial charge on any atom is 0.326 e. The monoisotopic (exact) mass is 516 g/mol. The van der Waals surface area contributed by atoms with Crippen molar-refractivity contribution in [2.24, 2.45) is 5.92 Å². The van der Waals surface area contributed by atoms with Gasteiger partial charge >= 0.3 is 11.9 Å². The van der Waals surface area contributed by atoms with Crippen molar-refractivity contribution in [1.29, 1.82) is 0 Å². The predicted octanol–water partition coefficient (Wildman–Crippen LogP) is -1.05. The standard InChI is InChI=1S/C21H32N4O9S/c1-10(2)19(31)13(23-11(3)4)8-35-14-6-17(28)25(20(14)32)9-22-15(26)5-12(21(33)34)24-16(27)7-18(29)30/h10-14,23H,5-9H2,1-4H3,(H,22,26)(H,24,27)(H,29,30)(H,33,34). The van der Waals surface area contributed by atoms with Gasteiger partial charge in [-0.15, -0.1) is 11.8 Å². The van der Waals surface area contributed by atoms with E-state index < -0.39 is 72.4 Å². The van der Waals surface area contributed by atoms with Crippen LogP contribution in [0.15, 0.2) is 0 Å². The number of aliphatic carboxylic acids is 2. The first-order chi connectivity index (χ1) is 16.2. The van der Waals surface area contributed by atoms with Crippen LogP contribution in [0.3, 0.4) is 0 Å². The number of hydrogen-bond acceptors (Lipinski definition) is 9. The van der Waals surface area contributed by atoms with Crippen LogP contribution < -0.4 is 16.0 Å². The van der Waals surface area contributed by atoms with Crippen LogP contribution in [0.1, 0.15) is 47.0 Å². The normalized spacial score (nSPS) is 17.4. The molecule has 0 saturated carbocycles. The molecule has 4 amide bonds. The summed E-state index contributed by atoms with van der Waals surface area (Å²) in [5.74, 6) is -5.95. The summed E-state index contributed by atoms with van der Waals surface area (Å²) in [6.07, 6.45) is -1.79. The van der Waals surface area contributed by atoms with Crippen molar-refractivity contribution in [3.05, 3.63) is 0 Å². The number of nitrogens with zero attached hydrogens (tertiary/aromatic N) is 1. The molecule has 0 aromatic heterocycles. The predicted molar refractivity (Wildman–Crippen MR) is 124 cm³/mol. The molecule has 5 N–H and O–H groups in total. The lowest BCUT2D eigenvalue weighted by Crippen LogP contribution is -2.47. The first-order valence-corrected chi connectivity index (χ1v) is 12.0. The van der Waals surface area contributed by atoms with E-state index in [0.717, 1.165) is 4.90 Å². The van der Waals surface area contributed by atoms with Crippen molar-refractivity contribution < 1.29 is 43.8 Å². The van der Waals surface area contributed by atoms with Crippen molar-refractivity contribution in [3.63, 3.8) is 0 Å². The molecule has 13 nitrogen and oxygen atoms in total. The van der Waals surface area contributed by atoms with Gasteiger partial charge in [-0.25, -0.2) is 4.79 Å². The molecule has 196 valence electrons. The van der Waals surface area contributed by atoms with Gasteiger partial charge in [-0.3, -0.25) is 33.7 Å². The van der Waals surface area contributed by atoms with E-state index in [1.54, 1.807) is 13.8 Å². The van der Waals surface area contributed by atoms with Gasteiger partial charge in [0.2, 0.25) is 23.6 Å². The van der Waals surface area contributed by atoms with Gasteiger partial charge in [0.25, 0.3) is 0 Å². The Hall–Kier alpha value is -3.00. The fourth-order valence-electron chi connectivity index (χ4n) is 3.19. The Morgan fingerprint density at radius 2 is 1.66 bits per heavy atom. The third-order valence-electron chi connectivity index (χ3n) is 4.88. The zero-order valence-electron chi connectivity index (χ0n) is 20.0. The van der Waals surface area contributed by atoms with Crippen molar-refractivity contribution in [3.8, 4) is 0 Å². The van der Waals surface area contributed by atoms with E-state index in [1.807, 2.05) is 19.2 Å². The smallest absolute Gasteiger partial charge is 0.326 e. The van der Waals surface area contributed by atoms with Crippen molar-refractivity contribution >= 4 is 53.1 Å². The van der Waals surface area contributed by atoms with Crippen molar-refractivity contribution in [2.45, 2.75) is 70.3 Å². The average Bonchev–Trinajstić information content (AvgIpc) is 3.00. The number of carboxylic acid groups (broad SMARTS) is 2. The van der Waals surface area contributed by atoms with Crippen molar-refractivity contribution in [1.82, 2.24) is 20.9 Å². The molecule has 1 aliphatic heterocycles. The fourth-order valence-corrected chi connectivity index (χ4v) is 4.40. The molecule has 0 radical (unpaired) electrons. The summed E-state index contributed by atoms with van der Waals surface area (Å²) in [5, 5.41) is 24.3. The highest BCUT2D eigenvalue weighted by molar-refractivity contribution is 8.00. The second-order valence-electron chi connectivity index (χ2n) is 8.61. The van der Waals surface area contributed by atoms with Crippen LogP contribution in [0.2, 0.25) is 0 Å². The first kappa shape index (κ1) is 30.0. The Bertz CT molecular complexity index is 862. The number of hydrogen-bond donors (Lipinski definition) is 5. The van der Waals surface area contributed by atoms with Gasteiger partial charge in [0.1, 0.15) is 19.1 Å². The van der Waals surface area contributed by atoms with E-state index in [-0.39, 0.29) is 29.9 Å². The topological polar surface area (TPSA) is 199 Å². The molecule has 0 aliphatic carbocycles. The number of amides is 4. The Morgan fingerprint density at radius 3 is 2.17 bits per heavy atom. The number of imide groups is 1. The van der Waals surface area contributed by atoms with Gasteiger partial charge in [0, 0.05) is 24.1 Å². The van der Waals surface area contributed by atoms with Crippen LogP contribution in [0.5, 0.6) is 0 Å². The quantitative estimate of drug-likeness (QED) is 0.131. The number of ketones is 1. The summed E-state index contributed by atoms with van der Waals surface area (Å²) in [6, 6.07) is -2.13. The highest BCUT2D eigenvalue weighted by Gasteiger charge is 2.39. The van der Waals surface area contributed by atoms with Crippen LogP contribution in [-0.4, -0.2) is 92.3 Å². The van der Waals surface area contributed by atoms with Crippen LogP contribution >= 0.6 is 11.8 Å². The zero-order valence-corrected chi connectivity index (χ0v) is 20.8. The van der Waals surface area contributed by atoms with Crippen LogP contribution in [0, 0.1) is 5.92 Å². The summed E-state index contributed by atoms with van der Waals surface area (Å²) >= 11 is 1.17. The summed E-state index contributed by atoms with van der Waals surface area (Å²) in [4.78, 5) is 83.6. The molecule has 0 spiro atoms. The number of carboxylic acids is 2.